The van der Waals surface area contributed by atoms with Crippen molar-refractivity contribution in [2.45, 2.75) is 13.5 Å². The number of fused-ring (bicyclic) bond motifs is 3. The van der Waals surface area contributed by atoms with Crippen LogP contribution in [0.15, 0.2) is 54.6 Å². The molecule has 0 spiro atoms. The van der Waals surface area contributed by atoms with E-state index >= 15 is 0 Å². The number of aromatic nitrogens is 4. The lowest BCUT2D eigenvalue weighted by Gasteiger charge is -2.23. The first kappa shape index (κ1) is 20.3. The number of hydrogen-bond donors (Lipinski definition) is 2. The monoisotopic (exact) mass is 452 g/mol. The maximum Gasteiger partial charge on any atom is 0.198 e. The first-order valence-electron chi connectivity index (χ1n) is 11.2. The third-order valence-electron chi connectivity index (χ3n) is 6.17. The van der Waals surface area contributed by atoms with E-state index in [1.54, 1.807) is 7.11 Å². The standard InChI is InChI=1S/C26H24N6O2/c1-15-28-22-13-19(33-2)5-6-20(22)25(29-15)32-9-10-34-24-8-4-16(11-18(24)14-32)17-3-7-21-23(12-17)31-26(27)30-21/h3-8,11-13H,9-10,14H2,1-2H3,(H3,27,30,31). The Morgan fingerprint density at radius 2 is 1.82 bits per heavy atom. The maximum atomic E-state index is 6.11. The number of nitrogens with one attached hydrogen (secondary N) is 1. The molecule has 2 aromatic heterocycles. The molecule has 34 heavy (non-hydrogen) atoms. The molecule has 3 heterocycles. The number of anilines is 2. The molecule has 0 saturated carbocycles. The molecule has 0 atom stereocenters. The van der Waals surface area contributed by atoms with Crippen molar-refractivity contribution in [3.63, 3.8) is 0 Å². The van der Waals surface area contributed by atoms with E-state index in [2.05, 4.69) is 44.1 Å². The largest absolute Gasteiger partial charge is 0.497 e. The summed E-state index contributed by atoms with van der Waals surface area (Å²) in [5.74, 6) is 3.73. The fourth-order valence-electron chi connectivity index (χ4n) is 4.54. The van der Waals surface area contributed by atoms with Crippen LogP contribution in [-0.4, -0.2) is 40.2 Å². The Labute approximate surface area is 196 Å². The predicted molar refractivity (Wildman–Crippen MR) is 133 cm³/mol. The van der Waals surface area contributed by atoms with Crippen molar-refractivity contribution in [1.29, 1.82) is 0 Å². The van der Waals surface area contributed by atoms with Gasteiger partial charge >= 0.3 is 0 Å². The van der Waals surface area contributed by atoms with Gasteiger partial charge in [0.1, 0.15) is 29.7 Å². The number of aryl methyl sites for hydroxylation is 1. The molecule has 0 radical (unpaired) electrons. The van der Waals surface area contributed by atoms with Crippen molar-refractivity contribution in [2.24, 2.45) is 0 Å². The fourth-order valence-corrected chi connectivity index (χ4v) is 4.54. The molecule has 3 N–H and O–H groups in total. The number of aromatic amines is 1. The Balaban J connectivity index is 1.40. The first-order valence-corrected chi connectivity index (χ1v) is 11.2. The van der Waals surface area contributed by atoms with Gasteiger partial charge in [-0.3, -0.25) is 0 Å². The molecule has 6 rings (SSSR count). The number of nitrogen functional groups attached to an aromatic ring is 1. The van der Waals surface area contributed by atoms with Crippen molar-refractivity contribution in [2.75, 3.05) is 30.9 Å². The highest BCUT2D eigenvalue weighted by Gasteiger charge is 2.20. The molecule has 0 aliphatic carbocycles. The van der Waals surface area contributed by atoms with E-state index in [-0.39, 0.29) is 0 Å². The average Bonchev–Trinajstić information content (AvgIpc) is 3.08. The third kappa shape index (κ3) is 3.53. The normalized spacial score (nSPS) is 13.5. The zero-order valence-electron chi connectivity index (χ0n) is 19.0. The van der Waals surface area contributed by atoms with Crippen molar-refractivity contribution >= 4 is 33.7 Å². The highest BCUT2D eigenvalue weighted by molar-refractivity contribution is 5.90. The van der Waals surface area contributed by atoms with Gasteiger partial charge in [0.05, 0.1) is 30.2 Å². The molecule has 0 saturated heterocycles. The molecular formula is C26H24N6O2. The first-order chi connectivity index (χ1) is 16.6. The lowest BCUT2D eigenvalue weighted by Crippen LogP contribution is -2.26. The predicted octanol–water partition coefficient (Wildman–Crippen LogP) is 4.47. The fraction of sp³-hybridized carbons (Fsp3) is 0.192. The lowest BCUT2D eigenvalue weighted by atomic mass is 10.0. The Kier molecular flexibility index (Phi) is 4.72. The second-order valence-electron chi connectivity index (χ2n) is 8.42. The Hall–Kier alpha value is -4.33. The molecule has 0 bridgehead atoms. The highest BCUT2D eigenvalue weighted by Crippen LogP contribution is 2.34. The minimum absolute atomic E-state index is 0.420. The minimum atomic E-state index is 0.420. The van der Waals surface area contributed by atoms with Crippen LogP contribution in [0.5, 0.6) is 11.5 Å². The van der Waals surface area contributed by atoms with E-state index in [4.69, 9.17) is 20.2 Å². The van der Waals surface area contributed by atoms with Crippen LogP contribution in [-0.2, 0) is 6.54 Å². The number of H-pyrrole nitrogens is 1. The van der Waals surface area contributed by atoms with E-state index in [1.807, 2.05) is 37.3 Å². The van der Waals surface area contributed by atoms with Gasteiger partial charge in [0.15, 0.2) is 5.95 Å². The number of hydrogen-bond acceptors (Lipinski definition) is 7. The number of benzene rings is 3. The number of ether oxygens (including phenoxy) is 2. The summed E-state index contributed by atoms with van der Waals surface area (Å²) < 4.78 is 11.5. The van der Waals surface area contributed by atoms with Crippen LogP contribution in [0.1, 0.15) is 11.4 Å². The topological polar surface area (TPSA) is 102 Å². The highest BCUT2D eigenvalue weighted by atomic mass is 16.5. The molecule has 0 fully saturated rings. The van der Waals surface area contributed by atoms with E-state index in [0.29, 0.717) is 19.1 Å². The molecule has 8 heteroatoms. The van der Waals surface area contributed by atoms with Gasteiger partial charge in [-0.1, -0.05) is 12.1 Å². The Morgan fingerprint density at radius 1 is 0.971 bits per heavy atom. The van der Waals surface area contributed by atoms with Gasteiger partial charge in [0.25, 0.3) is 0 Å². The molecule has 170 valence electrons. The summed E-state index contributed by atoms with van der Waals surface area (Å²) in [6, 6.07) is 18.4. The summed E-state index contributed by atoms with van der Waals surface area (Å²) in [5, 5.41) is 0.994. The molecular weight excluding hydrogens is 428 g/mol. The summed E-state index contributed by atoms with van der Waals surface area (Å²) in [5.41, 5.74) is 11.8. The van der Waals surface area contributed by atoms with Crippen LogP contribution in [0.4, 0.5) is 11.8 Å². The van der Waals surface area contributed by atoms with E-state index in [9.17, 15) is 0 Å². The van der Waals surface area contributed by atoms with Crippen molar-refractivity contribution in [3.05, 3.63) is 66.0 Å². The smallest absolute Gasteiger partial charge is 0.198 e. The molecule has 1 aliphatic heterocycles. The second kappa shape index (κ2) is 7.91. The molecule has 1 aliphatic rings. The van der Waals surface area contributed by atoms with Crippen LogP contribution < -0.4 is 20.1 Å². The zero-order chi connectivity index (χ0) is 23.2. The number of nitrogens with two attached hydrogens (primary N) is 1. The quantitative estimate of drug-likeness (QED) is 0.416. The molecule has 0 amide bonds. The van der Waals surface area contributed by atoms with Gasteiger partial charge in [-0.15, -0.1) is 0 Å². The van der Waals surface area contributed by atoms with E-state index < -0.39 is 0 Å². The molecule has 3 aromatic carbocycles. The summed E-state index contributed by atoms with van der Waals surface area (Å²) in [6.45, 7) is 3.90. The summed E-state index contributed by atoms with van der Waals surface area (Å²) in [6.07, 6.45) is 0. The van der Waals surface area contributed by atoms with Crippen LogP contribution in [0, 0.1) is 6.92 Å². The molecule has 0 unspecified atom stereocenters. The summed E-state index contributed by atoms with van der Waals surface area (Å²) in [4.78, 5) is 19.1. The van der Waals surface area contributed by atoms with Gasteiger partial charge in [0, 0.05) is 23.6 Å². The molecule has 5 aromatic rings. The van der Waals surface area contributed by atoms with Crippen LogP contribution in [0.25, 0.3) is 33.1 Å². The Morgan fingerprint density at radius 3 is 2.71 bits per heavy atom. The van der Waals surface area contributed by atoms with Gasteiger partial charge in [-0.25, -0.2) is 15.0 Å². The van der Waals surface area contributed by atoms with Gasteiger partial charge in [0.2, 0.25) is 0 Å². The average molecular weight is 453 g/mol. The number of methoxy groups -OCH3 is 1. The van der Waals surface area contributed by atoms with Crippen LogP contribution in [0.2, 0.25) is 0 Å². The minimum Gasteiger partial charge on any atom is -0.497 e. The van der Waals surface area contributed by atoms with Gasteiger partial charge < -0.3 is 25.1 Å². The summed E-state index contributed by atoms with van der Waals surface area (Å²) in [7, 11) is 1.66. The van der Waals surface area contributed by atoms with Crippen LogP contribution in [0.3, 0.4) is 0 Å². The maximum absolute atomic E-state index is 6.11. The SMILES string of the molecule is COc1ccc2c(N3CCOc4ccc(-c5ccc6nc(N)[nH]c6c5)cc4C3)nc(C)nc2c1. The van der Waals surface area contributed by atoms with Crippen molar-refractivity contribution < 1.29 is 9.47 Å². The van der Waals surface area contributed by atoms with E-state index in [0.717, 1.165) is 68.3 Å². The zero-order valence-corrected chi connectivity index (χ0v) is 19.0. The van der Waals surface area contributed by atoms with Gasteiger partial charge in [-0.2, -0.15) is 0 Å². The number of nitrogens with zero attached hydrogens (tertiary/aromatic N) is 4. The third-order valence-corrected chi connectivity index (χ3v) is 6.17. The van der Waals surface area contributed by atoms with Crippen molar-refractivity contribution in [1.82, 2.24) is 19.9 Å². The van der Waals surface area contributed by atoms with Crippen molar-refractivity contribution in [3.8, 4) is 22.6 Å². The van der Waals surface area contributed by atoms with Gasteiger partial charge in [-0.05, 0) is 54.4 Å². The Bertz CT molecular complexity index is 1540. The summed E-state index contributed by atoms with van der Waals surface area (Å²) >= 11 is 0. The second-order valence-corrected chi connectivity index (χ2v) is 8.42. The number of rotatable bonds is 3. The number of imidazole rings is 1. The molecule has 8 nitrogen and oxygen atoms in total. The van der Waals surface area contributed by atoms with Crippen LogP contribution >= 0.6 is 0 Å². The lowest BCUT2D eigenvalue weighted by molar-refractivity contribution is 0.331. The van der Waals surface area contributed by atoms with E-state index in [1.165, 1.54) is 0 Å².